The van der Waals surface area contributed by atoms with Crippen LogP contribution in [0.3, 0.4) is 0 Å². The molecule has 0 radical (unpaired) electrons. The highest BCUT2D eigenvalue weighted by Crippen LogP contribution is 2.33. The van der Waals surface area contributed by atoms with E-state index >= 15 is 0 Å². The normalized spacial score (nSPS) is 14.3. The van der Waals surface area contributed by atoms with Crippen molar-refractivity contribution in [3.63, 3.8) is 0 Å². The van der Waals surface area contributed by atoms with Crippen LogP contribution in [0.15, 0.2) is 71.6 Å². The molecule has 1 aliphatic heterocycles. The Morgan fingerprint density at radius 1 is 1.11 bits per heavy atom. The maximum atomic E-state index is 12.8. The minimum absolute atomic E-state index is 0.248. The Hall–Kier alpha value is -3.02. The van der Waals surface area contributed by atoms with Gasteiger partial charge in [0.15, 0.2) is 0 Å². The van der Waals surface area contributed by atoms with Crippen LogP contribution in [0.1, 0.15) is 11.1 Å². The van der Waals surface area contributed by atoms with Gasteiger partial charge in [-0.2, -0.15) is 0 Å². The van der Waals surface area contributed by atoms with Crippen molar-refractivity contribution in [1.29, 1.82) is 0 Å². The SMILES string of the molecule is COc1ccc(NC(=O)CN2C(=O)S/C(=C/c3ccc(OCc4ccccc4Cl)c(I)c3)C2=O)cc1. The molecule has 0 aliphatic carbocycles. The number of nitrogens with one attached hydrogen (secondary N) is 1. The lowest BCUT2D eigenvalue weighted by molar-refractivity contribution is -0.127. The van der Waals surface area contributed by atoms with Gasteiger partial charge in [0.25, 0.3) is 11.1 Å². The van der Waals surface area contributed by atoms with Crippen molar-refractivity contribution >= 4 is 74.8 Å². The van der Waals surface area contributed by atoms with Gasteiger partial charge in [0.05, 0.1) is 15.6 Å². The topological polar surface area (TPSA) is 84.9 Å². The molecule has 0 unspecified atom stereocenters. The Morgan fingerprint density at radius 2 is 1.86 bits per heavy atom. The first-order chi connectivity index (χ1) is 17.3. The maximum Gasteiger partial charge on any atom is 0.294 e. The number of hydrogen-bond donors (Lipinski definition) is 1. The Kier molecular flexibility index (Phi) is 8.55. The summed E-state index contributed by atoms with van der Waals surface area (Å²) < 4.78 is 11.8. The van der Waals surface area contributed by atoms with Gasteiger partial charge < -0.3 is 14.8 Å². The van der Waals surface area contributed by atoms with Crippen LogP contribution >= 0.6 is 46.0 Å². The third-order valence-electron chi connectivity index (χ3n) is 5.14. The highest BCUT2D eigenvalue weighted by atomic mass is 127. The predicted molar refractivity (Wildman–Crippen MR) is 149 cm³/mol. The van der Waals surface area contributed by atoms with Crippen molar-refractivity contribution < 1.29 is 23.9 Å². The highest BCUT2D eigenvalue weighted by molar-refractivity contribution is 14.1. The van der Waals surface area contributed by atoms with Gasteiger partial charge >= 0.3 is 0 Å². The van der Waals surface area contributed by atoms with Crippen LogP contribution in [0.4, 0.5) is 10.5 Å². The van der Waals surface area contributed by atoms with Crippen LogP contribution in [0.2, 0.25) is 5.02 Å². The van der Waals surface area contributed by atoms with Crippen LogP contribution in [-0.4, -0.2) is 35.6 Å². The van der Waals surface area contributed by atoms with E-state index in [9.17, 15) is 14.4 Å². The molecule has 3 aromatic carbocycles. The molecule has 0 aromatic heterocycles. The van der Waals surface area contributed by atoms with Crippen molar-refractivity contribution in [1.82, 2.24) is 4.90 Å². The van der Waals surface area contributed by atoms with E-state index in [4.69, 9.17) is 21.1 Å². The molecule has 0 bridgehead atoms. The van der Waals surface area contributed by atoms with E-state index in [0.29, 0.717) is 28.8 Å². The van der Waals surface area contributed by atoms with E-state index in [0.717, 1.165) is 31.4 Å². The smallest absolute Gasteiger partial charge is 0.294 e. The first kappa shape index (κ1) is 26.1. The van der Waals surface area contributed by atoms with Crippen LogP contribution < -0.4 is 14.8 Å². The fourth-order valence-electron chi connectivity index (χ4n) is 3.30. The largest absolute Gasteiger partial charge is 0.497 e. The standard InChI is InChI=1S/C26H20ClIN2O5S/c1-34-19-9-7-18(8-10-19)29-24(31)14-30-25(32)23(36-26(30)33)13-16-6-11-22(21(28)12-16)35-15-17-4-2-3-5-20(17)27/h2-13H,14-15H2,1H3,(H,29,31)/b23-13+. The number of benzene rings is 3. The number of ether oxygens (including phenoxy) is 2. The molecule has 1 N–H and O–H groups in total. The van der Waals surface area contributed by atoms with Gasteiger partial charge in [-0.3, -0.25) is 19.3 Å². The highest BCUT2D eigenvalue weighted by Gasteiger charge is 2.36. The number of methoxy groups -OCH3 is 1. The summed E-state index contributed by atoms with van der Waals surface area (Å²) in [6.45, 7) is -0.0487. The predicted octanol–water partition coefficient (Wildman–Crippen LogP) is 6.21. The maximum absolute atomic E-state index is 12.8. The minimum Gasteiger partial charge on any atom is -0.497 e. The molecular weight excluding hydrogens is 615 g/mol. The van der Waals surface area contributed by atoms with E-state index in [1.54, 1.807) is 49.6 Å². The number of thioether (sulfide) groups is 1. The average molecular weight is 635 g/mol. The van der Waals surface area contributed by atoms with Crippen molar-refractivity contribution in [2.75, 3.05) is 19.0 Å². The second-order valence-electron chi connectivity index (χ2n) is 7.61. The van der Waals surface area contributed by atoms with Crippen LogP contribution in [-0.2, 0) is 16.2 Å². The lowest BCUT2D eigenvalue weighted by Gasteiger charge is -2.12. The number of amides is 3. The van der Waals surface area contributed by atoms with Crippen LogP contribution in [0, 0.1) is 3.57 Å². The molecule has 3 aromatic rings. The van der Waals surface area contributed by atoms with Crippen LogP contribution in [0.25, 0.3) is 6.08 Å². The van der Waals surface area contributed by atoms with Crippen molar-refractivity contribution in [2.45, 2.75) is 6.61 Å². The number of imide groups is 1. The third kappa shape index (κ3) is 6.40. The summed E-state index contributed by atoms with van der Waals surface area (Å²) in [5.41, 5.74) is 2.15. The average Bonchev–Trinajstić information content (AvgIpc) is 3.12. The van der Waals surface area contributed by atoms with E-state index in [1.165, 1.54) is 0 Å². The zero-order valence-electron chi connectivity index (χ0n) is 19.0. The first-order valence-corrected chi connectivity index (χ1v) is 13.0. The first-order valence-electron chi connectivity index (χ1n) is 10.7. The zero-order valence-corrected chi connectivity index (χ0v) is 22.7. The lowest BCUT2D eigenvalue weighted by atomic mass is 10.2. The minimum atomic E-state index is -0.510. The lowest BCUT2D eigenvalue weighted by Crippen LogP contribution is -2.36. The summed E-state index contributed by atoms with van der Waals surface area (Å²) >= 11 is 9.14. The molecule has 0 saturated carbocycles. The van der Waals surface area contributed by atoms with Crippen molar-refractivity contribution in [2.24, 2.45) is 0 Å². The summed E-state index contributed by atoms with van der Waals surface area (Å²) in [7, 11) is 1.55. The number of halogens is 2. The fourth-order valence-corrected chi connectivity index (χ4v) is 5.02. The summed E-state index contributed by atoms with van der Waals surface area (Å²) in [4.78, 5) is 38.8. The molecule has 10 heteroatoms. The summed E-state index contributed by atoms with van der Waals surface area (Å²) in [6.07, 6.45) is 1.63. The molecule has 0 spiro atoms. The van der Waals surface area contributed by atoms with Gasteiger partial charge in [-0.1, -0.05) is 35.9 Å². The molecular formula is C26H20ClIN2O5S. The van der Waals surface area contributed by atoms with Gasteiger partial charge in [0.1, 0.15) is 24.7 Å². The Bertz CT molecular complexity index is 1350. The third-order valence-corrected chi connectivity index (χ3v) is 7.26. The quantitative estimate of drug-likeness (QED) is 0.235. The Balaban J connectivity index is 1.39. The number of carbonyl (C=O) groups is 3. The molecule has 1 fully saturated rings. The molecule has 1 heterocycles. The Morgan fingerprint density at radius 3 is 2.56 bits per heavy atom. The monoisotopic (exact) mass is 634 g/mol. The van der Waals surface area contributed by atoms with Gasteiger partial charge in [0, 0.05) is 16.3 Å². The number of anilines is 1. The van der Waals surface area contributed by atoms with Gasteiger partial charge in [-0.15, -0.1) is 0 Å². The number of hydrogen-bond acceptors (Lipinski definition) is 6. The molecule has 1 aliphatic rings. The van der Waals surface area contributed by atoms with E-state index in [-0.39, 0.29) is 11.4 Å². The molecule has 184 valence electrons. The second-order valence-corrected chi connectivity index (χ2v) is 10.2. The van der Waals surface area contributed by atoms with E-state index < -0.39 is 17.1 Å². The second kappa shape index (κ2) is 11.8. The molecule has 7 nitrogen and oxygen atoms in total. The van der Waals surface area contributed by atoms with Gasteiger partial charge in [-0.05, 0) is 88.5 Å². The van der Waals surface area contributed by atoms with E-state index in [1.807, 2.05) is 30.3 Å². The summed E-state index contributed by atoms with van der Waals surface area (Å²) in [5, 5.41) is 2.82. The van der Waals surface area contributed by atoms with E-state index in [2.05, 4.69) is 27.9 Å². The summed E-state index contributed by atoms with van der Waals surface area (Å²) in [5.74, 6) is 0.345. The van der Waals surface area contributed by atoms with Gasteiger partial charge in [0.2, 0.25) is 5.91 Å². The zero-order chi connectivity index (χ0) is 25.7. The van der Waals surface area contributed by atoms with Crippen LogP contribution in [0.5, 0.6) is 11.5 Å². The molecule has 3 amide bonds. The molecule has 36 heavy (non-hydrogen) atoms. The summed E-state index contributed by atoms with van der Waals surface area (Å²) in [6, 6.07) is 19.7. The van der Waals surface area contributed by atoms with Crippen molar-refractivity contribution in [3.8, 4) is 11.5 Å². The van der Waals surface area contributed by atoms with Gasteiger partial charge in [-0.25, -0.2) is 0 Å². The molecule has 0 atom stereocenters. The fraction of sp³-hybridized carbons (Fsp3) is 0.115. The number of nitrogens with zero attached hydrogens (tertiary/aromatic N) is 1. The molecule has 1 saturated heterocycles. The van der Waals surface area contributed by atoms with Crippen molar-refractivity contribution in [3.05, 3.63) is 91.4 Å². The Labute approximate surface area is 230 Å². The molecule has 4 rings (SSSR count). The number of rotatable bonds is 8. The number of carbonyl (C=O) groups excluding carboxylic acids is 3.